The van der Waals surface area contributed by atoms with E-state index in [4.69, 9.17) is 4.43 Å². The van der Waals surface area contributed by atoms with Crippen LogP contribution < -0.4 is 0 Å². The van der Waals surface area contributed by atoms with Gasteiger partial charge in [-0.05, 0) is 31.6 Å². The van der Waals surface area contributed by atoms with Crippen LogP contribution in [0.25, 0.3) is 0 Å². The smallest absolute Gasteiger partial charge is 0.183 e. The highest BCUT2D eigenvalue weighted by atomic mass is 28.4. The summed E-state index contributed by atoms with van der Waals surface area (Å²) in [6.07, 6.45) is 1.62. The molecule has 106 valence electrons. The van der Waals surface area contributed by atoms with Crippen LogP contribution in [0.5, 0.6) is 0 Å². The maximum Gasteiger partial charge on any atom is 0.183 e. The Labute approximate surface area is 116 Å². The SMILES string of the molecule is CC(C)C(CO[Si](C)(C)C)N=Cc1ccccc1F. The minimum Gasteiger partial charge on any atom is -0.415 e. The Morgan fingerprint density at radius 3 is 2.42 bits per heavy atom. The van der Waals surface area contributed by atoms with Gasteiger partial charge in [-0.15, -0.1) is 0 Å². The van der Waals surface area contributed by atoms with Crippen LogP contribution in [0.3, 0.4) is 0 Å². The fraction of sp³-hybridized carbons (Fsp3) is 0.533. The number of hydrogen-bond acceptors (Lipinski definition) is 2. The summed E-state index contributed by atoms with van der Waals surface area (Å²) in [7, 11) is -1.53. The van der Waals surface area contributed by atoms with Crippen molar-refractivity contribution in [3.63, 3.8) is 0 Å². The first-order chi connectivity index (χ1) is 8.79. The van der Waals surface area contributed by atoms with Crippen molar-refractivity contribution in [3.05, 3.63) is 35.6 Å². The van der Waals surface area contributed by atoms with Crippen LogP contribution in [0.1, 0.15) is 19.4 Å². The average molecular weight is 281 g/mol. The first kappa shape index (κ1) is 16.1. The van der Waals surface area contributed by atoms with E-state index >= 15 is 0 Å². The van der Waals surface area contributed by atoms with Crippen molar-refractivity contribution < 1.29 is 8.82 Å². The zero-order chi connectivity index (χ0) is 14.5. The fourth-order valence-electron chi connectivity index (χ4n) is 1.50. The number of aliphatic imine (C=N–C) groups is 1. The molecule has 0 aromatic heterocycles. The molecule has 0 radical (unpaired) electrons. The fourth-order valence-corrected chi connectivity index (χ4v) is 2.17. The highest BCUT2D eigenvalue weighted by Gasteiger charge is 2.19. The second-order valence-corrected chi connectivity index (χ2v) is 10.5. The number of rotatable bonds is 6. The molecule has 19 heavy (non-hydrogen) atoms. The Bertz CT molecular complexity index is 426. The molecule has 1 aromatic rings. The molecule has 0 aliphatic heterocycles. The predicted molar refractivity (Wildman–Crippen MR) is 81.9 cm³/mol. The maximum atomic E-state index is 13.5. The molecule has 2 nitrogen and oxygen atoms in total. The Morgan fingerprint density at radius 2 is 1.89 bits per heavy atom. The third kappa shape index (κ3) is 6.12. The first-order valence-corrected chi connectivity index (χ1v) is 10.1. The summed E-state index contributed by atoms with van der Waals surface area (Å²) in [5, 5.41) is 0. The predicted octanol–water partition coefficient (Wildman–Crippen LogP) is 4.12. The van der Waals surface area contributed by atoms with Gasteiger partial charge in [0.25, 0.3) is 0 Å². The summed E-state index contributed by atoms with van der Waals surface area (Å²) in [6.45, 7) is 11.3. The van der Waals surface area contributed by atoms with Crippen LogP contribution >= 0.6 is 0 Å². The lowest BCUT2D eigenvalue weighted by Gasteiger charge is -2.23. The second-order valence-electron chi connectivity index (χ2n) is 6.03. The zero-order valence-corrected chi connectivity index (χ0v) is 13.5. The molecule has 0 aliphatic rings. The molecule has 0 N–H and O–H groups in total. The van der Waals surface area contributed by atoms with Gasteiger partial charge in [-0.25, -0.2) is 4.39 Å². The van der Waals surface area contributed by atoms with E-state index in [2.05, 4.69) is 38.5 Å². The van der Waals surface area contributed by atoms with Crippen molar-refractivity contribution in [3.8, 4) is 0 Å². The Hall–Kier alpha value is -1.00. The lowest BCUT2D eigenvalue weighted by Crippen LogP contribution is -2.31. The van der Waals surface area contributed by atoms with Gasteiger partial charge in [-0.1, -0.05) is 32.0 Å². The van der Waals surface area contributed by atoms with E-state index in [1.54, 1.807) is 18.3 Å². The van der Waals surface area contributed by atoms with Gasteiger partial charge >= 0.3 is 0 Å². The van der Waals surface area contributed by atoms with Crippen molar-refractivity contribution in [2.45, 2.75) is 39.5 Å². The van der Waals surface area contributed by atoms with Gasteiger partial charge in [-0.2, -0.15) is 0 Å². The lowest BCUT2D eigenvalue weighted by molar-refractivity contribution is 0.255. The Balaban J connectivity index is 2.71. The quantitative estimate of drug-likeness (QED) is 0.568. The van der Waals surface area contributed by atoms with Gasteiger partial charge in [0.15, 0.2) is 8.32 Å². The summed E-state index contributed by atoms with van der Waals surface area (Å²) >= 11 is 0. The standard InChI is InChI=1S/C15H24FNOSi/c1-12(2)15(11-18-19(3,4)5)17-10-13-8-6-7-9-14(13)16/h6-10,12,15H,11H2,1-5H3. The van der Waals surface area contributed by atoms with E-state index in [9.17, 15) is 4.39 Å². The molecule has 1 rings (SSSR count). The third-order valence-electron chi connectivity index (χ3n) is 2.77. The van der Waals surface area contributed by atoms with Crippen molar-refractivity contribution in [2.75, 3.05) is 6.61 Å². The monoisotopic (exact) mass is 281 g/mol. The van der Waals surface area contributed by atoms with E-state index in [1.165, 1.54) is 6.07 Å². The normalized spacial score (nSPS) is 14.3. The van der Waals surface area contributed by atoms with Gasteiger partial charge in [-0.3, -0.25) is 4.99 Å². The molecule has 0 fully saturated rings. The molecular formula is C15H24FNOSi. The van der Waals surface area contributed by atoms with E-state index in [-0.39, 0.29) is 11.9 Å². The van der Waals surface area contributed by atoms with Gasteiger partial charge in [0.05, 0.1) is 12.6 Å². The summed E-state index contributed by atoms with van der Waals surface area (Å²) in [5.41, 5.74) is 0.529. The molecule has 1 aromatic carbocycles. The average Bonchev–Trinajstić information content (AvgIpc) is 2.29. The van der Waals surface area contributed by atoms with Crippen molar-refractivity contribution in [2.24, 2.45) is 10.9 Å². The van der Waals surface area contributed by atoms with Crippen molar-refractivity contribution in [1.29, 1.82) is 0 Å². The van der Waals surface area contributed by atoms with Crippen LogP contribution in [0.15, 0.2) is 29.3 Å². The third-order valence-corrected chi connectivity index (χ3v) is 3.80. The van der Waals surface area contributed by atoms with Crippen LogP contribution in [0.2, 0.25) is 19.6 Å². The van der Waals surface area contributed by atoms with Crippen molar-refractivity contribution >= 4 is 14.5 Å². The molecule has 0 saturated heterocycles. The van der Waals surface area contributed by atoms with E-state index in [0.29, 0.717) is 18.1 Å². The van der Waals surface area contributed by atoms with E-state index < -0.39 is 8.32 Å². The number of hydrogen-bond donors (Lipinski definition) is 0. The number of nitrogens with zero attached hydrogens (tertiary/aromatic N) is 1. The van der Waals surface area contributed by atoms with E-state index in [0.717, 1.165) is 0 Å². The second kappa shape index (κ2) is 6.96. The maximum absolute atomic E-state index is 13.5. The topological polar surface area (TPSA) is 21.6 Å². The van der Waals surface area contributed by atoms with Crippen LogP contribution in [-0.2, 0) is 4.43 Å². The summed E-state index contributed by atoms with van der Waals surface area (Å²) < 4.78 is 19.4. The molecule has 0 bridgehead atoms. The van der Waals surface area contributed by atoms with Crippen LogP contribution in [0.4, 0.5) is 4.39 Å². The molecule has 0 saturated carbocycles. The summed E-state index contributed by atoms with van der Waals surface area (Å²) in [6, 6.07) is 6.75. The van der Waals surface area contributed by atoms with Crippen LogP contribution in [-0.4, -0.2) is 27.2 Å². The first-order valence-electron chi connectivity index (χ1n) is 6.71. The Morgan fingerprint density at radius 1 is 1.26 bits per heavy atom. The van der Waals surface area contributed by atoms with E-state index in [1.807, 2.05) is 6.07 Å². The lowest BCUT2D eigenvalue weighted by atomic mass is 10.1. The molecule has 4 heteroatoms. The van der Waals surface area contributed by atoms with Gasteiger partial charge in [0, 0.05) is 11.8 Å². The minimum atomic E-state index is -1.53. The highest BCUT2D eigenvalue weighted by Crippen LogP contribution is 2.12. The molecule has 0 heterocycles. The van der Waals surface area contributed by atoms with Crippen LogP contribution in [0, 0.1) is 11.7 Å². The zero-order valence-electron chi connectivity index (χ0n) is 12.5. The molecule has 0 aliphatic carbocycles. The summed E-state index contributed by atoms with van der Waals surface area (Å²) in [4.78, 5) is 4.49. The largest absolute Gasteiger partial charge is 0.415 e. The molecule has 1 atom stereocenters. The van der Waals surface area contributed by atoms with Gasteiger partial charge in [0.1, 0.15) is 5.82 Å². The number of halogens is 1. The minimum absolute atomic E-state index is 0.0753. The van der Waals surface area contributed by atoms with Crippen molar-refractivity contribution in [1.82, 2.24) is 0 Å². The molecule has 1 unspecified atom stereocenters. The summed E-state index contributed by atoms with van der Waals surface area (Å²) in [5.74, 6) is 0.138. The molecule has 0 spiro atoms. The molecule has 0 amide bonds. The van der Waals surface area contributed by atoms with Gasteiger partial charge < -0.3 is 4.43 Å². The molecular weight excluding hydrogens is 257 g/mol. The number of benzene rings is 1. The highest BCUT2D eigenvalue weighted by molar-refractivity contribution is 6.69. The van der Waals surface area contributed by atoms with Gasteiger partial charge in [0.2, 0.25) is 0 Å². The Kier molecular flexibility index (Phi) is 5.88.